The van der Waals surface area contributed by atoms with Gasteiger partial charge in [-0.3, -0.25) is 4.79 Å². The van der Waals surface area contributed by atoms with Crippen molar-refractivity contribution in [1.82, 2.24) is 5.32 Å². The smallest absolute Gasteiger partial charge is 0.416 e. The number of carbonyl (C=O) groups excluding carboxylic acids is 1. The molecule has 0 aliphatic heterocycles. The van der Waals surface area contributed by atoms with Gasteiger partial charge >= 0.3 is 6.18 Å². The van der Waals surface area contributed by atoms with Crippen LogP contribution in [0.4, 0.5) is 18.9 Å². The zero-order valence-electron chi connectivity index (χ0n) is 11.7. The van der Waals surface area contributed by atoms with E-state index in [1.165, 1.54) is 13.2 Å². The van der Waals surface area contributed by atoms with Crippen LogP contribution >= 0.6 is 0 Å². The third kappa shape index (κ3) is 5.60. The van der Waals surface area contributed by atoms with E-state index in [1.807, 2.05) is 0 Å². The molecule has 0 atom stereocenters. The number of methoxy groups -OCH3 is 1. The first-order valence-corrected chi connectivity index (χ1v) is 6.16. The molecule has 1 amide bonds. The van der Waals surface area contributed by atoms with Crippen LogP contribution in [0.15, 0.2) is 18.2 Å². The molecular formula is C13H17F3N2O3. The minimum absolute atomic E-state index is 0.0201. The Morgan fingerprint density at radius 2 is 2.00 bits per heavy atom. The molecule has 0 heterocycles. The number of benzene rings is 1. The standard InChI is InChI=1S/C13H17F3N2O3/c1-17-8-12(19)18-10-7-9(13(14,15)16)3-4-11(10)21-6-5-20-2/h3-4,7,17H,5-6,8H2,1-2H3,(H,18,19). The van der Waals surface area contributed by atoms with Crippen LogP contribution in [0.2, 0.25) is 0 Å². The van der Waals surface area contributed by atoms with Crippen LogP contribution in [0, 0.1) is 0 Å². The predicted octanol–water partition coefficient (Wildman–Crippen LogP) is 1.89. The van der Waals surface area contributed by atoms with Crippen LogP contribution in [0.5, 0.6) is 5.75 Å². The highest BCUT2D eigenvalue weighted by atomic mass is 19.4. The minimum atomic E-state index is -4.49. The van der Waals surface area contributed by atoms with E-state index in [4.69, 9.17) is 9.47 Å². The van der Waals surface area contributed by atoms with E-state index in [0.717, 1.165) is 12.1 Å². The van der Waals surface area contributed by atoms with Gasteiger partial charge in [0.05, 0.1) is 24.4 Å². The molecule has 1 aromatic carbocycles. The Morgan fingerprint density at radius 3 is 2.57 bits per heavy atom. The van der Waals surface area contributed by atoms with Gasteiger partial charge in [0.1, 0.15) is 12.4 Å². The Kier molecular flexibility index (Phi) is 6.44. The molecule has 0 aliphatic carbocycles. The van der Waals surface area contributed by atoms with Crippen LogP contribution in [-0.2, 0) is 15.7 Å². The number of hydrogen-bond donors (Lipinski definition) is 2. The number of anilines is 1. The van der Waals surface area contributed by atoms with E-state index in [1.54, 1.807) is 7.05 Å². The summed E-state index contributed by atoms with van der Waals surface area (Å²) in [5.41, 5.74) is -0.887. The van der Waals surface area contributed by atoms with E-state index >= 15 is 0 Å². The van der Waals surface area contributed by atoms with Gasteiger partial charge in [0.2, 0.25) is 5.91 Å². The minimum Gasteiger partial charge on any atom is -0.489 e. The van der Waals surface area contributed by atoms with Gasteiger partial charge in [-0.15, -0.1) is 0 Å². The zero-order chi connectivity index (χ0) is 15.9. The average molecular weight is 306 g/mol. The molecule has 0 unspecified atom stereocenters. The van der Waals surface area contributed by atoms with Crippen LogP contribution in [-0.4, -0.2) is 39.8 Å². The number of carbonyl (C=O) groups is 1. The summed E-state index contributed by atoms with van der Waals surface area (Å²) in [4.78, 5) is 11.5. The molecule has 2 N–H and O–H groups in total. The van der Waals surface area contributed by atoms with Gasteiger partial charge in [-0.05, 0) is 25.2 Å². The molecule has 0 saturated carbocycles. The Labute approximate surface area is 120 Å². The van der Waals surface area contributed by atoms with Crippen molar-refractivity contribution in [3.05, 3.63) is 23.8 Å². The van der Waals surface area contributed by atoms with Crippen molar-refractivity contribution in [3.8, 4) is 5.75 Å². The number of halogens is 3. The third-order valence-corrected chi connectivity index (χ3v) is 2.46. The molecule has 0 radical (unpaired) electrons. The molecule has 0 spiro atoms. The quantitative estimate of drug-likeness (QED) is 0.755. The number of rotatable bonds is 7. The number of amides is 1. The number of alkyl halides is 3. The number of hydrogen-bond acceptors (Lipinski definition) is 4. The molecule has 0 bridgehead atoms. The van der Waals surface area contributed by atoms with E-state index in [9.17, 15) is 18.0 Å². The van der Waals surface area contributed by atoms with Crippen molar-refractivity contribution in [3.63, 3.8) is 0 Å². The summed E-state index contributed by atoms with van der Waals surface area (Å²) >= 11 is 0. The number of ether oxygens (including phenoxy) is 2. The summed E-state index contributed by atoms with van der Waals surface area (Å²) in [6.45, 7) is 0.426. The van der Waals surface area contributed by atoms with Gasteiger partial charge in [0.15, 0.2) is 0 Å². The van der Waals surface area contributed by atoms with Gasteiger partial charge in [-0.1, -0.05) is 0 Å². The van der Waals surface area contributed by atoms with Gasteiger partial charge in [-0.25, -0.2) is 0 Å². The van der Waals surface area contributed by atoms with Gasteiger partial charge in [0.25, 0.3) is 0 Å². The molecule has 1 aromatic rings. The first kappa shape index (κ1) is 17.3. The predicted molar refractivity (Wildman–Crippen MR) is 71.4 cm³/mol. The highest BCUT2D eigenvalue weighted by Gasteiger charge is 2.31. The molecule has 0 fully saturated rings. The van der Waals surface area contributed by atoms with E-state index < -0.39 is 17.6 Å². The van der Waals surface area contributed by atoms with Crippen molar-refractivity contribution in [1.29, 1.82) is 0 Å². The summed E-state index contributed by atoms with van der Waals surface area (Å²) in [6.07, 6.45) is -4.49. The normalized spacial score (nSPS) is 11.3. The number of nitrogens with one attached hydrogen (secondary N) is 2. The lowest BCUT2D eigenvalue weighted by atomic mass is 10.1. The third-order valence-electron chi connectivity index (χ3n) is 2.46. The van der Waals surface area contributed by atoms with Crippen molar-refractivity contribution >= 4 is 11.6 Å². The molecule has 0 aliphatic rings. The maximum Gasteiger partial charge on any atom is 0.416 e. The lowest BCUT2D eigenvalue weighted by Gasteiger charge is -2.15. The Morgan fingerprint density at radius 1 is 1.29 bits per heavy atom. The fourth-order valence-corrected chi connectivity index (χ4v) is 1.52. The van der Waals surface area contributed by atoms with Gasteiger partial charge < -0.3 is 20.1 Å². The lowest BCUT2D eigenvalue weighted by molar-refractivity contribution is -0.137. The monoisotopic (exact) mass is 306 g/mol. The fraction of sp³-hybridized carbons (Fsp3) is 0.462. The SMILES string of the molecule is CNCC(=O)Nc1cc(C(F)(F)F)ccc1OCCOC. The van der Waals surface area contributed by atoms with Gasteiger partial charge in [-0.2, -0.15) is 13.2 Å². The summed E-state index contributed by atoms with van der Waals surface area (Å²) in [5.74, 6) is -0.307. The van der Waals surface area contributed by atoms with E-state index in [2.05, 4.69) is 10.6 Å². The highest BCUT2D eigenvalue weighted by molar-refractivity contribution is 5.93. The maximum atomic E-state index is 12.7. The van der Waals surface area contributed by atoms with Crippen molar-refractivity contribution < 1.29 is 27.4 Å². The molecule has 21 heavy (non-hydrogen) atoms. The van der Waals surface area contributed by atoms with Crippen molar-refractivity contribution in [2.45, 2.75) is 6.18 Å². The van der Waals surface area contributed by atoms with Crippen molar-refractivity contribution in [2.75, 3.05) is 39.2 Å². The van der Waals surface area contributed by atoms with Crippen LogP contribution < -0.4 is 15.4 Å². The van der Waals surface area contributed by atoms with Gasteiger partial charge in [0, 0.05) is 7.11 Å². The molecule has 5 nitrogen and oxygen atoms in total. The van der Waals surface area contributed by atoms with Crippen LogP contribution in [0.1, 0.15) is 5.56 Å². The van der Waals surface area contributed by atoms with E-state index in [0.29, 0.717) is 0 Å². The number of likely N-dealkylation sites (N-methyl/N-ethyl adjacent to an activating group) is 1. The molecule has 0 saturated heterocycles. The molecule has 1 rings (SSSR count). The van der Waals surface area contributed by atoms with E-state index in [-0.39, 0.29) is 31.2 Å². The second kappa shape index (κ2) is 7.84. The first-order chi connectivity index (χ1) is 9.88. The Bertz CT molecular complexity index is 478. The second-order valence-electron chi connectivity index (χ2n) is 4.13. The van der Waals surface area contributed by atoms with Crippen LogP contribution in [0.25, 0.3) is 0 Å². The molecule has 118 valence electrons. The topological polar surface area (TPSA) is 59.6 Å². The summed E-state index contributed by atoms with van der Waals surface area (Å²) in [7, 11) is 3.04. The largest absolute Gasteiger partial charge is 0.489 e. The average Bonchev–Trinajstić information content (AvgIpc) is 2.39. The summed E-state index contributed by atoms with van der Waals surface area (Å²) in [5, 5.41) is 4.99. The van der Waals surface area contributed by atoms with Crippen LogP contribution in [0.3, 0.4) is 0 Å². The molecule has 0 aromatic heterocycles. The molecule has 8 heteroatoms. The summed E-state index contributed by atoms with van der Waals surface area (Å²) < 4.78 is 48.2. The zero-order valence-corrected chi connectivity index (χ0v) is 11.7. The Balaban J connectivity index is 2.97. The second-order valence-corrected chi connectivity index (χ2v) is 4.13. The maximum absolute atomic E-state index is 12.7. The van der Waals surface area contributed by atoms with Crippen molar-refractivity contribution in [2.24, 2.45) is 0 Å². The first-order valence-electron chi connectivity index (χ1n) is 6.16. The fourth-order valence-electron chi connectivity index (χ4n) is 1.52. The summed E-state index contributed by atoms with van der Waals surface area (Å²) in [6, 6.07) is 2.92. The Hall–Kier alpha value is -1.80. The highest BCUT2D eigenvalue weighted by Crippen LogP contribution is 2.35. The molecular weight excluding hydrogens is 289 g/mol. The lowest BCUT2D eigenvalue weighted by Crippen LogP contribution is -2.25.